The molecular weight excluding hydrogens is 268 g/mol. The fraction of sp³-hybridized carbons (Fsp3) is 0.417. The van der Waals surface area contributed by atoms with Gasteiger partial charge >= 0.3 is 0 Å². The number of hydrogen-bond acceptors (Lipinski definition) is 2. The number of hydrogen-bond donors (Lipinski definition) is 2. The molecule has 16 heavy (non-hydrogen) atoms. The second-order valence-corrected chi connectivity index (χ2v) is 5.05. The third-order valence-corrected chi connectivity index (χ3v) is 3.50. The Kier molecular flexibility index (Phi) is 3.61. The maximum atomic E-state index is 11.9. The molecule has 86 valence electrons. The average molecular weight is 283 g/mol. The van der Waals surface area contributed by atoms with E-state index in [9.17, 15) is 4.79 Å². The Morgan fingerprint density at radius 2 is 2.12 bits per heavy atom. The Morgan fingerprint density at radius 1 is 1.44 bits per heavy atom. The molecule has 0 spiro atoms. The van der Waals surface area contributed by atoms with Crippen LogP contribution in [0.15, 0.2) is 28.7 Å². The monoisotopic (exact) mass is 282 g/mol. The first-order valence-corrected chi connectivity index (χ1v) is 6.26. The first kappa shape index (κ1) is 11.6. The summed E-state index contributed by atoms with van der Waals surface area (Å²) in [4.78, 5) is 11.9. The van der Waals surface area contributed by atoms with Gasteiger partial charge in [-0.05, 0) is 44.2 Å². The van der Waals surface area contributed by atoms with Crippen LogP contribution in [-0.2, 0) is 4.79 Å². The van der Waals surface area contributed by atoms with E-state index in [1.54, 1.807) is 0 Å². The Balaban J connectivity index is 1.99. The van der Waals surface area contributed by atoms with Gasteiger partial charge < -0.3 is 10.6 Å². The molecule has 0 aliphatic carbocycles. The fourth-order valence-electron chi connectivity index (χ4n) is 1.99. The molecule has 1 amide bonds. The summed E-state index contributed by atoms with van der Waals surface area (Å²) >= 11 is 3.36. The lowest BCUT2D eigenvalue weighted by molar-refractivity contribution is -0.119. The van der Waals surface area contributed by atoms with Crippen LogP contribution in [0.5, 0.6) is 0 Å². The van der Waals surface area contributed by atoms with Crippen molar-refractivity contribution in [3.05, 3.63) is 28.7 Å². The lowest BCUT2D eigenvalue weighted by Gasteiger charge is -2.14. The van der Waals surface area contributed by atoms with Crippen LogP contribution in [-0.4, -0.2) is 18.5 Å². The number of nitrogens with one attached hydrogen (secondary N) is 2. The average Bonchev–Trinajstić information content (AvgIpc) is 2.68. The molecule has 1 fully saturated rings. The van der Waals surface area contributed by atoms with E-state index >= 15 is 0 Å². The molecule has 1 aromatic carbocycles. The van der Waals surface area contributed by atoms with Gasteiger partial charge in [0.2, 0.25) is 5.91 Å². The van der Waals surface area contributed by atoms with E-state index in [4.69, 9.17) is 0 Å². The summed E-state index contributed by atoms with van der Waals surface area (Å²) in [6.45, 7) is 2.98. The van der Waals surface area contributed by atoms with E-state index in [1.807, 2.05) is 24.3 Å². The molecular formula is C12H15BrN2O. The van der Waals surface area contributed by atoms with Gasteiger partial charge in [0.15, 0.2) is 0 Å². The molecule has 1 heterocycles. The number of rotatable bonds is 2. The number of halogens is 1. The van der Waals surface area contributed by atoms with Gasteiger partial charge in [-0.25, -0.2) is 0 Å². The normalized spacial score (nSPS) is 24.4. The van der Waals surface area contributed by atoms with Gasteiger partial charge in [0, 0.05) is 16.2 Å². The lowest BCUT2D eigenvalue weighted by Crippen LogP contribution is -2.32. The number of carbonyl (C=O) groups excluding carboxylic acids is 1. The molecule has 0 aromatic heterocycles. The molecule has 0 saturated carbocycles. The van der Waals surface area contributed by atoms with E-state index < -0.39 is 0 Å². The highest BCUT2D eigenvalue weighted by molar-refractivity contribution is 9.10. The summed E-state index contributed by atoms with van der Waals surface area (Å²) in [5.74, 6) is 0.198. The van der Waals surface area contributed by atoms with Crippen molar-refractivity contribution < 1.29 is 4.79 Å². The highest BCUT2D eigenvalue weighted by atomic mass is 79.9. The second-order valence-electron chi connectivity index (χ2n) is 4.13. The molecule has 2 atom stereocenters. The molecule has 3 nitrogen and oxygen atoms in total. The summed E-state index contributed by atoms with van der Waals surface area (Å²) in [5, 5.41) is 6.22. The van der Waals surface area contributed by atoms with Crippen LogP contribution in [0.1, 0.15) is 13.3 Å². The number of anilines is 1. The maximum absolute atomic E-state index is 11.9. The molecule has 2 N–H and O–H groups in total. The largest absolute Gasteiger partial charge is 0.326 e. The van der Waals surface area contributed by atoms with Crippen LogP contribution in [0.25, 0.3) is 0 Å². The van der Waals surface area contributed by atoms with Crippen LogP contribution in [0.4, 0.5) is 5.69 Å². The Labute approximate surface area is 104 Å². The SMILES string of the molecule is CC1NCCC1C(=O)Nc1ccc(Br)cc1. The van der Waals surface area contributed by atoms with E-state index in [0.717, 1.165) is 23.1 Å². The van der Waals surface area contributed by atoms with Crippen LogP contribution in [0.2, 0.25) is 0 Å². The zero-order valence-electron chi connectivity index (χ0n) is 9.16. The zero-order valence-corrected chi connectivity index (χ0v) is 10.8. The van der Waals surface area contributed by atoms with E-state index in [0.29, 0.717) is 0 Å². The van der Waals surface area contributed by atoms with Crippen molar-refractivity contribution in [2.24, 2.45) is 5.92 Å². The fourth-order valence-corrected chi connectivity index (χ4v) is 2.25. The minimum absolute atomic E-state index is 0.0867. The standard InChI is InChI=1S/C12H15BrN2O/c1-8-11(6-7-14-8)12(16)15-10-4-2-9(13)3-5-10/h2-5,8,11,14H,6-7H2,1H3,(H,15,16). The minimum atomic E-state index is 0.0867. The Bertz CT molecular complexity index is 377. The highest BCUT2D eigenvalue weighted by Gasteiger charge is 2.29. The van der Waals surface area contributed by atoms with Gasteiger partial charge in [0.1, 0.15) is 0 Å². The van der Waals surface area contributed by atoms with E-state index in [2.05, 4.69) is 33.5 Å². The summed E-state index contributed by atoms with van der Waals surface area (Å²) in [6.07, 6.45) is 0.920. The van der Waals surface area contributed by atoms with Gasteiger partial charge in [-0.2, -0.15) is 0 Å². The van der Waals surface area contributed by atoms with Crippen LogP contribution >= 0.6 is 15.9 Å². The quantitative estimate of drug-likeness (QED) is 0.875. The van der Waals surface area contributed by atoms with Crippen molar-refractivity contribution in [3.63, 3.8) is 0 Å². The van der Waals surface area contributed by atoms with Crippen molar-refractivity contribution in [1.82, 2.24) is 5.32 Å². The van der Waals surface area contributed by atoms with Gasteiger partial charge in [-0.3, -0.25) is 4.79 Å². The molecule has 2 unspecified atom stereocenters. The third kappa shape index (κ3) is 2.62. The van der Waals surface area contributed by atoms with Gasteiger partial charge in [-0.15, -0.1) is 0 Å². The minimum Gasteiger partial charge on any atom is -0.326 e. The van der Waals surface area contributed by atoms with Crippen molar-refractivity contribution in [2.75, 3.05) is 11.9 Å². The first-order chi connectivity index (χ1) is 7.66. The zero-order chi connectivity index (χ0) is 11.5. The molecule has 0 bridgehead atoms. The van der Waals surface area contributed by atoms with Crippen molar-refractivity contribution in [1.29, 1.82) is 0 Å². The van der Waals surface area contributed by atoms with Crippen LogP contribution < -0.4 is 10.6 Å². The molecule has 1 aliphatic heterocycles. The lowest BCUT2D eigenvalue weighted by atomic mass is 10.0. The summed E-state index contributed by atoms with van der Waals surface area (Å²) in [5.41, 5.74) is 0.854. The number of benzene rings is 1. The second kappa shape index (κ2) is 4.97. The smallest absolute Gasteiger partial charge is 0.229 e. The number of carbonyl (C=O) groups is 1. The van der Waals surface area contributed by atoms with Crippen LogP contribution in [0, 0.1) is 5.92 Å². The van der Waals surface area contributed by atoms with Crippen molar-refractivity contribution in [3.8, 4) is 0 Å². The van der Waals surface area contributed by atoms with Crippen molar-refractivity contribution in [2.45, 2.75) is 19.4 Å². The topological polar surface area (TPSA) is 41.1 Å². The maximum Gasteiger partial charge on any atom is 0.229 e. The molecule has 4 heteroatoms. The molecule has 2 rings (SSSR count). The highest BCUT2D eigenvalue weighted by Crippen LogP contribution is 2.19. The van der Waals surface area contributed by atoms with E-state index in [1.165, 1.54) is 0 Å². The van der Waals surface area contributed by atoms with Gasteiger partial charge in [-0.1, -0.05) is 15.9 Å². The van der Waals surface area contributed by atoms with E-state index in [-0.39, 0.29) is 17.9 Å². The third-order valence-electron chi connectivity index (χ3n) is 2.97. The molecule has 1 aromatic rings. The molecule has 1 aliphatic rings. The Hall–Kier alpha value is -0.870. The van der Waals surface area contributed by atoms with Gasteiger partial charge in [0.25, 0.3) is 0 Å². The number of amides is 1. The summed E-state index contributed by atoms with van der Waals surface area (Å²) < 4.78 is 1.02. The molecule has 0 radical (unpaired) electrons. The Morgan fingerprint density at radius 3 is 2.69 bits per heavy atom. The first-order valence-electron chi connectivity index (χ1n) is 5.46. The molecule has 1 saturated heterocycles. The predicted molar refractivity (Wildman–Crippen MR) is 68.3 cm³/mol. The summed E-state index contributed by atoms with van der Waals surface area (Å²) in [6, 6.07) is 7.91. The van der Waals surface area contributed by atoms with Gasteiger partial charge in [0.05, 0.1) is 5.92 Å². The predicted octanol–water partition coefficient (Wildman–Crippen LogP) is 2.39. The van der Waals surface area contributed by atoms with Crippen LogP contribution in [0.3, 0.4) is 0 Å². The van der Waals surface area contributed by atoms with Crippen molar-refractivity contribution >= 4 is 27.5 Å². The summed E-state index contributed by atoms with van der Waals surface area (Å²) in [7, 11) is 0.